The molecule has 0 aliphatic rings. The number of benzene rings is 2. The van der Waals surface area contributed by atoms with Crippen LogP contribution in [0.2, 0.25) is 0 Å². The largest absolute Gasteiger partial charge is 0.478 e. The van der Waals surface area contributed by atoms with Gasteiger partial charge in [0.05, 0.1) is 0 Å². The fourth-order valence-electron chi connectivity index (χ4n) is 2.14. The number of aliphatic carboxylic acids is 1. The number of hydrogen-bond donors (Lipinski definition) is 1. The predicted molar refractivity (Wildman–Crippen MR) is 86.0 cm³/mol. The van der Waals surface area contributed by atoms with Gasteiger partial charge in [0, 0.05) is 22.3 Å². The van der Waals surface area contributed by atoms with Crippen LogP contribution >= 0.6 is 7.14 Å². The Bertz CT molecular complexity index is 634. The molecular weight excluding hydrogens is 283 g/mol. The van der Waals surface area contributed by atoms with E-state index in [1.54, 1.807) is 0 Å². The van der Waals surface area contributed by atoms with E-state index in [1.165, 1.54) is 0 Å². The summed E-state index contributed by atoms with van der Waals surface area (Å²) in [5.41, 5.74) is 0.0853. The van der Waals surface area contributed by atoms with Crippen LogP contribution in [0.1, 0.15) is 6.42 Å². The van der Waals surface area contributed by atoms with Gasteiger partial charge in [-0.1, -0.05) is 67.2 Å². The predicted octanol–water partition coefficient (Wildman–Crippen LogP) is 3.03. The molecule has 0 unspecified atom stereocenters. The number of carboxylic acids is 1. The third kappa shape index (κ3) is 3.50. The molecule has 0 bridgehead atoms. The molecule has 108 valence electrons. The molecule has 1 N–H and O–H groups in total. The van der Waals surface area contributed by atoms with Crippen LogP contribution in [-0.2, 0) is 9.36 Å². The Hall–Kier alpha value is -2.12. The minimum absolute atomic E-state index is 0.0853. The third-order valence-electron chi connectivity index (χ3n) is 3.38. The van der Waals surface area contributed by atoms with Gasteiger partial charge in [-0.25, -0.2) is 4.79 Å². The van der Waals surface area contributed by atoms with E-state index in [4.69, 9.17) is 5.11 Å². The molecular formula is C17H17O3P. The average molecular weight is 300 g/mol. The van der Waals surface area contributed by atoms with E-state index in [0.29, 0.717) is 0 Å². The molecule has 2 rings (SSSR count). The van der Waals surface area contributed by atoms with Crippen LogP contribution < -0.4 is 10.6 Å². The zero-order valence-electron chi connectivity index (χ0n) is 11.6. The number of carbonyl (C=O) groups is 1. The maximum Gasteiger partial charge on any atom is 0.330 e. The van der Waals surface area contributed by atoms with E-state index < -0.39 is 13.1 Å². The molecule has 3 nitrogen and oxygen atoms in total. The van der Waals surface area contributed by atoms with Crippen molar-refractivity contribution < 1.29 is 14.5 Å². The monoisotopic (exact) mass is 300 g/mol. The SMILES string of the molecule is C=C(CCP(=O)(c1ccccc1)c1ccccc1)C(=O)O. The molecule has 0 saturated heterocycles. The van der Waals surface area contributed by atoms with Gasteiger partial charge in [-0.05, 0) is 6.42 Å². The van der Waals surface area contributed by atoms with E-state index in [-0.39, 0.29) is 18.2 Å². The summed E-state index contributed by atoms with van der Waals surface area (Å²) in [5.74, 6) is -1.04. The molecule has 0 radical (unpaired) electrons. The third-order valence-corrected chi connectivity index (χ3v) is 6.50. The Morgan fingerprint density at radius 1 is 0.952 bits per heavy atom. The molecule has 2 aromatic rings. The van der Waals surface area contributed by atoms with Crippen LogP contribution in [0.4, 0.5) is 0 Å². The van der Waals surface area contributed by atoms with Gasteiger partial charge < -0.3 is 9.67 Å². The van der Waals surface area contributed by atoms with Crippen molar-refractivity contribution >= 4 is 23.7 Å². The Kier molecular flexibility index (Phi) is 4.77. The van der Waals surface area contributed by atoms with Crippen molar-refractivity contribution in [1.29, 1.82) is 0 Å². The van der Waals surface area contributed by atoms with Crippen molar-refractivity contribution in [2.75, 3.05) is 6.16 Å². The second-order valence-electron chi connectivity index (χ2n) is 4.79. The lowest BCUT2D eigenvalue weighted by Gasteiger charge is -2.19. The molecule has 2 aromatic carbocycles. The smallest absolute Gasteiger partial charge is 0.330 e. The van der Waals surface area contributed by atoms with Crippen LogP contribution in [0.5, 0.6) is 0 Å². The Morgan fingerprint density at radius 2 is 1.38 bits per heavy atom. The Labute approximate surface area is 124 Å². The standard InChI is InChI=1S/C17H17O3P/c1-14(17(18)19)12-13-21(20,15-8-4-2-5-9-15)16-10-6-3-7-11-16/h2-11H,1,12-13H2,(H,18,19). The van der Waals surface area contributed by atoms with Gasteiger partial charge in [-0.15, -0.1) is 0 Å². The van der Waals surface area contributed by atoms with Crippen molar-refractivity contribution in [3.8, 4) is 0 Å². The Balaban J connectivity index is 2.38. The van der Waals surface area contributed by atoms with Gasteiger partial charge >= 0.3 is 5.97 Å². The first kappa shape index (κ1) is 15.3. The summed E-state index contributed by atoms with van der Waals surface area (Å²) in [4.78, 5) is 10.9. The molecule has 0 aromatic heterocycles. The summed E-state index contributed by atoms with van der Waals surface area (Å²) in [6, 6.07) is 18.4. The normalized spacial score (nSPS) is 11.0. The minimum Gasteiger partial charge on any atom is -0.478 e. The van der Waals surface area contributed by atoms with E-state index in [9.17, 15) is 9.36 Å². The van der Waals surface area contributed by atoms with Crippen LogP contribution in [0.3, 0.4) is 0 Å². The molecule has 0 amide bonds. The number of hydrogen-bond acceptors (Lipinski definition) is 2. The highest BCUT2D eigenvalue weighted by Crippen LogP contribution is 2.44. The lowest BCUT2D eigenvalue weighted by Crippen LogP contribution is -2.19. The van der Waals surface area contributed by atoms with Gasteiger partial charge in [0.1, 0.15) is 7.14 Å². The van der Waals surface area contributed by atoms with Crippen molar-refractivity contribution in [1.82, 2.24) is 0 Å². The Morgan fingerprint density at radius 3 is 1.76 bits per heavy atom. The molecule has 4 heteroatoms. The molecule has 21 heavy (non-hydrogen) atoms. The topological polar surface area (TPSA) is 54.4 Å². The van der Waals surface area contributed by atoms with Crippen molar-refractivity contribution in [3.63, 3.8) is 0 Å². The lowest BCUT2D eigenvalue weighted by atomic mass is 10.2. The van der Waals surface area contributed by atoms with Crippen molar-refractivity contribution in [3.05, 3.63) is 72.8 Å². The zero-order valence-corrected chi connectivity index (χ0v) is 12.5. The molecule has 0 heterocycles. The number of carboxylic acid groups (broad SMARTS) is 1. The highest BCUT2D eigenvalue weighted by Gasteiger charge is 2.27. The van der Waals surface area contributed by atoms with E-state index >= 15 is 0 Å². The van der Waals surface area contributed by atoms with Crippen molar-refractivity contribution in [2.24, 2.45) is 0 Å². The molecule has 0 fully saturated rings. The maximum absolute atomic E-state index is 13.5. The highest BCUT2D eigenvalue weighted by atomic mass is 31.2. The summed E-state index contributed by atoms with van der Waals surface area (Å²) in [5, 5.41) is 10.4. The van der Waals surface area contributed by atoms with Crippen LogP contribution in [0, 0.1) is 0 Å². The fraction of sp³-hybridized carbons (Fsp3) is 0.118. The molecule has 0 atom stereocenters. The van der Waals surface area contributed by atoms with Gasteiger partial charge in [0.2, 0.25) is 0 Å². The van der Waals surface area contributed by atoms with E-state index in [1.807, 2.05) is 60.7 Å². The second-order valence-corrected chi connectivity index (χ2v) is 7.75. The summed E-state index contributed by atoms with van der Waals surface area (Å²) >= 11 is 0. The van der Waals surface area contributed by atoms with E-state index in [2.05, 4.69) is 6.58 Å². The van der Waals surface area contributed by atoms with E-state index in [0.717, 1.165) is 10.6 Å². The zero-order chi connectivity index (χ0) is 15.3. The summed E-state index contributed by atoms with van der Waals surface area (Å²) < 4.78 is 13.5. The first-order valence-corrected chi connectivity index (χ1v) is 8.54. The van der Waals surface area contributed by atoms with Crippen LogP contribution in [0.15, 0.2) is 72.8 Å². The molecule has 0 spiro atoms. The molecule has 0 aliphatic heterocycles. The minimum atomic E-state index is -2.84. The summed E-state index contributed by atoms with van der Waals surface area (Å²) in [6.45, 7) is 3.52. The highest BCUT2D eigenvalue weighted by molar-refractivity contribution is 7.78. The van der Waals surface area contributed by atoms with Gasteiger partial charge in [0.25, 0.3) is 0 Å². The summed E-state index contributed by atoms with van der Waals surface area (Å²) in [6.07, 6.45) is 0.475. The fourth-order valence-corrected chi connectivity index (χ4v) is 4.85. The van der Waals surface area contributed by atoms with Crippen LogP contribution in [-0.4, -0.2) is 17.2 Å². The summed E-state index contributed by atoms with van der Waals surface area (Å²) in [7, 11) is -2.84. The first-order chi connectivity index (χ1) is 10.0. The molecule has 0 saturated carbocycles. The average Bonchev–Trinajstić information content (AvgIpc) is 2.53. The van der Waals surface area contributed by atoms with Gasteiger partial charge in [0.15, 0.2) is 0 Å². The van der Waals surface area contributed by atoms with Crippen molar-refractivity contribution in [2.45, 2.75) is 6.42 Å². The quantitative estimate of drug-likeness (QED) is 0.659. The maximum atomic E-state index is 13.5. The molecule has 0 aliphatic carbocycles. The van der Waals surface area contributed by atoms with Gasteiger partial charge in [-0.3, -0.25) is 0 Å². The lowest BCUT2D eigenvalue weighted by molar-refractivity contribution is -0.132. The first-order valence-electron chi connectivity index (χ1n) is 6.65. The van der Waals surface area contributed by atoms with Gasteiger partial charge in [-0.2, -0.15) is 0 Å². The van der Waals surface area contributed by atoms with Crippen LogP contribution in [0.25, 0.3) is 0 Å². The number of rotatable bonds is 6. The second kappa shape index (κ2) is 6.55.